The standard InChI is InChI=1S/C13H18N6OS/c1-8-9(6-7-10(18(2)3)11(8)21-5)12(20)14-13-15-16-17-19(13)4/h6-7H,1-5H3,(H,14,15,17,20). The van der Waals surface area contributed by atoms with Gasteiger partial charge in [0, 0.05) is 31.6 Å². The van der Waals surface area contributed by atoms with Crippen molar-refractivity contribution in [3.63, 3.8) is 0 Å². The van der Waals surface area contributed by atoms with E-state index in [9.17, 15) is 4.79 Å². The fourth-order valence-electron chi connectivity index (χ4n) is 2.04. The highest BCUT2D eigenvalue weighted by atomic mass is 32.2. The number of carbonyl (C=O) groups excluding carboxylic acids is 1. The summed E-state index contributed by atoms with van der Waals surface area (Å²) in [4.78, 5) is 15.5. The summed E-state index contributed by atoms with van der Waals surface area (Å²) in [5.74, 6) is 0.104. The van der Waals surface area contributed by atoms with E-state index in [0.717, 1.165) is 16.1 Å². The predicted molar refractivity (Wildman–Crippen MR) is 84.0 cm³/mol. The Kier molecular flexibility index (Phi) is 4.46. The van der Waals surface area contributed by atoms with Crippen molar-refractivity contribution in [3.05, 3.63) is 23.3 Å². The number of carbonyl (C=O) groups is 1. The highest BCUT2D eigenvalue weighted by molar-refractivity contribution is 7.98. The molecule has 0 saturated carbocycles. The van der Waals surface area contributed by atoms with Crippen LogP contribution in [0.5, 0.6) is 0 Å². The minimum Gasteiger partial charge on any atom is -0.377 e. The molecule has 0 aliphatic carbocycles. The molecule has 2 rings (SSSR count). The third-order valence-electron chi connectivity index (χ3n) is 3.16. The van der Waals surface area contributed by atoms with Crippen LogP contribution in [-0.4, -0.2) is 46.5 Å². The number of aromatic nitrogens is 4. The number of nitrogens with one attached hydrogen (secondary N) is 1. The van der Waals surface area contributed by atoms with Gasteiger partial charge in [-0.1, -0.05) is 5.10 Å². The Bertz CT molecular complexity index is 667. The topological polar surface area (TPSA) is 75.9 Å². The largest absolute Gasteiger partial charge is 0.377 e. The zero-order valence-corrected chi connectivity index (χ0v) is 13.5. The molecule has 0 fully saturated rings. The number of hydrogen-bond acceptors (Lipinski definition) is 6. The summed E-state index contributed by atoms with van der Waals surface area (Å²) in [6, 6.07) is 3.77. The molecule has 7 nitrogen and oxygen atoms in total. The van der Waals surface area contributed by atoms with E-state index < -0.39 is 0 Å². The number of aryl methyl sites for hydroxylation is 1. The summed E-state index contributed by atoms with van der Waals surface area (Å²) in [5.41, 5.74) is 2.66. The molecule has 1 amide bonds. The Hall–Kier alpha value is -2.09. The van der Waals surface area contributed by atoms with Gasteiger partial charge in [0.1, 0.15) is 0 Å². The maximum absolute atomic E-state index is 12.4. The molecule has 0 bridgehead atoms. The molecule has 0 aliphatic rings. The van der Waals surface area contributed by atoms with Crippen molar-refractivity contribution >= 4 is 29.3 Å². The highest BCUT2D eigenvalue weighted by Crippen LogP contribution is 2.33. The first-order valence-corrected chi connectivity index (χ1v) is 7.56. The van der Waals surface area contributed by atoms with Crippen LogP contribution >= 0.6 is 11.8 Å². The van der Waals surface area contributed by atoms with Crippen molar-refractivity contribution in [2.75, 3.05) is 30.6 Å². The summed E-state index contributed by atoms with van der Waals surface area (Å²) in [6.45, 7) is 1.95. The minimum atomic E-state index is -0.217. The summed E-state index contributed by atoms with van der Waals surface area (Å²) in [7, 11) is 5.64. The number of thioether (sulfide) groups is 1. The van der Waals surface area contributed by atoms with Crippen LogP contribution in [0.4, 0.5) is 11.6 Å². The van der Waals surface area contributed by atoms with E-state index in [1.54, 1.807) is 18.8 Å². The molecular formula is C13H18N6OS. The lowest BCUT2D eigenvalue weighted by molar-refractivity contribution is 0.102. The number of nitrogens with zero attached hydrogens (tertiary/aromatic N) is 5. The third kappa shape index (κ3) is 2.99. The number of rotatable bonds is 4. The van der Waals surface area contributed by atoms with Crippen LogP contribution in [0.2, 0.25) is 0 Å². The van der Waals surface area contributed by atoms with Crippen LogP contribution in [0.3, 0.4) is 0 Å². The average molecular weight is 306 g/mol. The normalized spacial score (nSPS) is 10.5. The van der Waals surface area contributed by atoms with E-state index in [1.165, 1.54) is 4.68 Å². The summed E-state index contributed by atoms with van der Waals surface area (Å²) in [6.07, 6.45) is 2.00. The number of anilines is 2. The van der Waals surface area contributed by atoms with Gasteiger partial charge in [0.15, 0.2) is 0 Å². The summed E-state index contributed by atoms with van der Waals surface area (Å²) < 4.78 is 1.41. The molecule has 1 heterocycles. The second-order valence-corrected chi connectivity index (χ2v) is 5.58. The van der Waals surface area contributed by atoms with Gasteiger partial charge in [-0.05, 0) is 41.3 Å². The van der Waals surface area contributed by atoms with Crippen molar-refractivity contribution < 1.29 is 4.79 Å². The quantitative estimate of drug-likeness (QED) is 0.864. The highest BCUT2D eigenvalue weighted by Gasteiger charge is 2.17. The predicted octanol–water partition coefficient (Wildman–Crippen LogP) is 1.56. The molecule has 0 atom stereocenters. The Morgan fingerprint density at radius 2 is 2.10 bits per heavy atom. The fourth-order valence-corrected chi connectivity index (χ4v) is 2.91. The monoisotopic (exact) mass is 306 g/mol. The number of tetrazole rings is 1. The maximum Gasteiger partial charge on any atom is 0.258 e. The molecule has 0 aliphatic heterocycles. The van der Waals surface area contributed by atoms with E-state index in [2.05, 4.69) is 20.8 Å². The van der Waals surface area contributed by atoms with Crippen molar-refractivity contribution in [1.82, 2.24) is 20.2 Å². The summed E-state index contributed by atoms with van der Waals surface area (Å²) in [5, 5.41) is 13.7. The van der Waals surface area contributed by atoms with Crippen LogP contribution in [0, 0.1) is 6.92 Å². The van der Waals surface area contributed by atoms with Gasteiger partial charge in [0.25, 0.3) is 5.91 Å². The Morgan fingerprint density at radius 3 is 2.62 bits per heavy atom. The van der Waals surface area contributed by atoms with Crippen LogP contribution < -0.4 is 10.2 Å². The Labute approximate surface area is 127 Å². The molecular weight excluding hydrogens is 288 g/mol. The number of amides is 1. The first kappa shape index (κ1) is 15.3. The van der Waals surface area contributed by atoms with E-state index in [-0.39, 0.29) is 5.91 Å². The van der Waals surface area contributed by atoms with Crippen molar-refractivity contribution in [3.8, 4) is 0 Å². The lowest BCUT2D eigenvalue weighted by Gasteiger charge is -2.19. The van der Waals surface area contributed by atoms with Gasteiger partial charge in [-0.25, -0.2) is 4.68 Å². The molecule has 21 heavy (non-hydrogen) atoms. The molecule has 2 aromatic rings. The van der Waals surface area contributed by atoms with Gasteiger partial charge in [0.2, 0.25) is 5.95 Å². The van der Waals surface area contributed by atoms with Crippen molar-refractivity contribution in [2.24, 2.45) is 7.05 Å². The lowest BCUT2D eigenvalue weighted by atomic mass is 10.1. The molecule has 1 aromatic carbocycles. The van der Waals surface area contributed by atoms with Crippen LogP contribution in [0.1, 0.15) is 15.9 Å². The zero-order valence-electron chi connectivity index (χ0n) is 12.7. The van der Waals surface area contributed by atoms with Crippen LogP contribution in [0.15, 0.2) is 17.0 Å². The fraction of sp³-hybridized carbons (Fsp3) is 0.385. The van der Waals surface area contributed by atoms with Gasteiger partial charge in [-0.15, -0.1) is 11.8 Å². The number of benzene rings is 1. The smallest absolute Gasteiger partial charge is 0.258 e. The lowest BCUT2D eigenvalue weighted by Crippen LogP contribution is -2.18. The van der Waals surface area contributed by atoms with Gasteiger partial charge in [-0.3, -0.25) is 10.1 Å². The first-order chi connectivity index (χ1) is 9.95. The molecule has 0 radical (unpaired) electrons. The molecule has 0 spiro atoms. The van der Waals surface area contributed by atoms with Crippen molar-refractivity contribution in [2.45, 2.75) is 11.8 Å². The van der Waals surface area contributed by atoms with Gasteiger partial charge in [-0.2, -0.15) is 0 Å². The maximum atomic E-state index is 12.4. The average Bonchev–Trinajstić information content (AvgIpc) is 2.83. The van der Waals surface area contributed by atoms with Crippen molar-refractivity contribution in [1.29, 1.82) is 0 Å². The SMILES string of the molecule is CSc1c(N(C)C)ccc(C(=O)Nc2nnnn2C)c1C. The molecule has 1 N–H and O–H groups in total. The second-order valence-electron chi connectivity index (χ2n) is 4.77. The molecule has 1 aromatic heterocycles. The number of hydrogen-bond donors (Lipinski definition) is 1. The van der Waals surface area contributed by atoms with Gasteiger partial charge in [0.05, 0.1) is 5.69 Å². The molecule has 0 saturated heterocycles. The van der Waals surface area contributed by atoms with E-state index >= 15 is 0 Å². The zero-order chi connectivity index (χ0) is 15.6. The molecule has 0 unspecified atom stereocenters. The minimum absolute atomic E-state index is 0.217. The first-order valence-electron chi connectivity index (χ1n) is 6.34. The van der Waals surface area contributed by atoms with Crippen LogP contribution in [0.25, 0.3) is 0 Å². The van der Waals surface area contributed by atoms with Gasteiger partial charge < -0.3 is 4.90 Å². The molecule has 8 heteroatoms. The Morgan fingerprint density at radius 1 is 1.38 bits per heavy atom. The van der Waals surface area contributed by atoms with Crippen LogP contribution in [-0.2, 0) is 7.05 Å². The Balaban J connectivity index is 2.36. The van der Waals surface area contributed by atoms with E-state index in [0.29, 0.717) is 11.5 Å². The van der Waals surface area contributed by atoms with Gasteiger partial charge >= 0.3 is 0 Å². The van der Waals surface area contributed by atoms with E-state index in [4.69, 9.17) is 0 Å². The second kappa shape index (κ2) is 6.13. The van der Waals surface area contributed by atoms with E-state index in [1.807, 2.05) is 44.3 Å². The third-order valence-corrected chi connectivity index (χ3v) is 4.08. The molecule has 112 valence electrons. The summed E-state index contributed by atoms with van der Waals surface area (Å²) >= 11 is 1.63.